The zero-order valence-corrected chi connectivity index (χ0v) is 14.1. The minimum absolute atomic E-state index is 0.232. The van der Waals surface area contributed by atoms with Gasteiger partial charge in [0, 0.05) is 25.7 Å². The molecule has 0 spiro atoms. The summed E-state index contributed by atoms with van der Waals surface area (Å²) in [6.07, 6.45) is 1.26. The van der Waals surface area contributed by atoms with E-state index in [4.69, 9.17) is 4.74 Å². The third-order valence-electron chi connectivity index (χ3n) is 4.54. The lowest BCUT2D eigenvalue weighted by Gasteiger charge is -2.41. The summed E-state index contributed by atoms with van der Waals surface area (Å²) in [5.41, 5.74) is 1.83. The third-order valence-corrected chi connectivity index (χ3v) is 4.54. The smallest absolute Gasteiger partial charge is 0.303 e. The van der Waals surface area contributed by atoms with E-state index in [1.807, 2.05) is 0 Å². The largest absolute Gasteiger partial charge is 0.458 e. The van der Waals surface area contributed by atoms with Crippen LogP contribution in [0, 0.1) is 17.6 Å². The van der Waals surface area contributed by atoms with Gasteiger partial charge in [0.1, 0.15) is 17.7 Å². The van der Waals surface area contributed by atoms with Crippen molar-refractivity contribution in [1.82, 2.24) is 0 Å². The van der Waals surface area contributed by atoms with Gasteiger partial charge in [-0.15, -0.1) is 0 Å². The lowest BCUT2D eigenvalue weighted by molar-refractivity contribution is -0.147. The van der Waals surface area contributed by atoms with E-state index in [2.05, 4.69) is 4.90 Å². The fourth-order valence-electron chi connectivity index (χ4n) is 3.17. The van der Waals surface area contributed by atoms with Gasteiger partial charge in [0.05, 0.1) is 0 Å². The maximum absolute atomic E-state index is 13.1. The molecule has 2 aromatic rings. The highest BCUT2D eigenvalue weighted by molar-refractivity contribution is 5.66. The Morgan fingerprint density at radius 1 is 1.08 bits per heavy atom. The summed E-state index contributed by atoms with van der Waals surface area (Å²) in [5, 5.41) is 0. The molecule has 0 bridgehead atoms. The SMILES string of the molecule is CC(=O)OC(CCC1CN(c2ccc(F)cc2)C1)c1ccc(F)cc1. The quantitative estimate of drug-likeness (QED) is 0.723. The summed E-state index contributed by atoms with van der Waals surface area (Å²) < 4.78 is 31.5. The van der Waals surface area contributed by atoms with E-state index in [9.17, 15) is 13.6 Å². The highest BCUT2D eigenvalue weighted by Crippen LogP contribution is 2.31. The Hall–Kier alpha value is -2.43. The molecule has 1 heterocycles. The van der Waals surface area contributed by atoms with Crippen molar-refractivity contribution in [3.63, 3.8) is 0 Å². The molecule has 1 unspecified atom stereocenters. The second-order valence-corrected chi connectivity index (χ2v) is 6.47. The summed E-state index contributed by atoms with van der Waals surface area (Å²) in [7, 11) is 0. The molecule has 2 aromatic carbocycles. The Balaban J connectivity index is 1.53. The first kappa shape index (κ1) is 17.4. The number of hydrogen-bond acceptors (Lipinski definition) is 3. The Labute approximate surface area is 146 Å². The van der Waals surface area contributed by atoms with Crippen molar-refractivity contribution < 1.29 is 18.3 Å². The Morgan fingerprint density at radius 3 is 2.20 bits per heavy atom. The molecule has 5 heteroatoms. The van der Waals surface area contributed by atoms with E-state index in [0.29, 0.717) is 12.3 Å². The molecule has 1 atom stereocenters. The minimum atomic E-state index is -0.349. The predicted molar refractivity (Wildman–Crippen MR) is 92.2 cm³/mol. The van der Waals surface area contributed by atoms with Gasteiger partial charge in [-0.3, -0.25) is 4.79 Å². The van der Waals surface area contributed by atoms with Crippen LogP contribution in [0.25, 0.3) is 0 Å². The number of nitrogens with zero attached hydrogens (tertiary/aromatic N) is 1. The molecule has 1 fully saturated rings. The van der Waals surface area contributed by atoms with Gasteiger partial charge in [-0.1, -0.05) is 12.1 Å². The van der Waals surface area contributed by atoms with Gasteiger partial charge in [0.2, 0.25) is 0 Å². The molecule has 1 aliphatic rings. The number of esters is 1. The van der Waals surface area contributed by atoms with Crippen molar-refractivity contribution in [3.05, 3.63) is 65.7 Å². The molecular formula is C20H21F2NO2. The van der Waals surface area contributed by atoms with E-state index in [1.165, 1.54) is 31.2 Å². The average Bonchev–Trinajstić information content (AvgIpc) is 2.54. The Morgan fingerprint density at radius 2 is 1.64 bits per heavy atom. The first-order chi connectivity index (χ1) is 12.0. The molecule has 25 heavy (non-hydrogen) atoms. The molecule has 3 rings (SSSR count). The van der Waals surface area contributed by atoms with Gasteiger partial charge < -0.3 is 9.64 Å². The van der Waals surface area contributed by atoms with Crippen LogP contribution in [0.1, 0.15) is 31.4 Å². The highest BCUT2D eigenvalue weighted by Gasteiger charge is 2.28. The van der Waals surface area contributed by atoms with Gasteiger partial charge >= 0.3 is 5.97 Å². The van der Waals surface area contributed by atoms with Gasteiger partial charge in [-0.05, 0) is 60.7 Å². The summed E-state index contributed by atoms with van der Waals surface area (Å²) >= 11 is 0. The van der Waals surface area contributed by atoms with E-state index >= 15 is 0 Å². The van der Waals surface area contributed by atoms with Gasteiger partial charge in [0.15, 0.2) is 0 Å². The van der Waals surface area contributed by atoms with Crippen LogP contribution in [0.2, 0.25) is 0 Å². The van der Waals surface area contributed by atoms with Crippen LogP contribution in [0.4, 0.5) is 14.5 Å². The first-order valence-electron chi connectivity index (χ1n) is 8.44. The molecular weight excluding hydrogens is 324 g/mol. The van der Waals surface area contributed by atoms with Crippen molar-refractivity contribution in [2.24, 2.45) is 5.92 Å². The summed E-state index contributed by atoms with van der Waals surface area (Å²) in [4.78, 5) is 13.5. The van der Waals surface area contributed by atoms with Crippen LogP contribution < -0.4 is 4.90 Å². The zero-order valence-electron chi connectivity index (χ0n) is 14.1. The topological polar surface area (TPSA) is 29.5 Å². The number of anilines is 1. The fourth-order valence-corrected chi connectivity index (χ4v) is 3.17. The maximum atomic E-state index is 13.1. The summed E-state index contributed by atoms with van der Waals surface area (Å²) in [5.74, 6) is -0.372. The van der Waals surface area contributed by atoms with Crippen LogP contribution in [0.3, 0.4) is 0 Å². The molecule has 0 aromatic heterocycles. The van der Waals surface area contributed by atoms with Crippen LogP contribution in [0.5, 0.6) is 0 Å². The van der Waals surface area contributed by atoms with Crippen molar-refractivity contribution in [2.45, 2.75) is 25.9 Å². The molecule has 0 N–H and O–H groups in total. The highest BCUT2D eigenvalue weighted by atomic mass is 19.1. The van der Waals surface area contributed by atoms with E-state index < -0.39 is 0 Å². The van der Waals surface area contributed by atoms with Crippen LogP contribution in [-0.4, -0.2) is 19.1 Å². The second-order valence-electron chi connectivity index (χ2n) is 6.47. The summed E-state index contributed by atoms with van der Waals surface area (Å²) in [6, 6.07) is 12.6. The number of benzene rings is 2. The summed E-state index contributed by atoms with van der Waals surface area (Å²) in [6.45, 7) is 3.19. The van der Waals surface area contributed by atoms with E-state index in [1.54, 1.807) is 24.3 Å². The average molecular weight is 345 g/mol. The number of halogens is 2. The van der Waals surface area contributed by atoms with E-state index in [-0.39, 0.29) is 23.7 Å². The number of ether oxygens (including phenoxy) is 1. The lowest BCUT2D eigenvalue weighted by Crippen LogP contribution is -2.46. The van der Waals surface area contributed by atoms with Crippen molar-refractivity contribution >= 4 is 11.7 Å². The normalized spacial score (nSPS) is 15.6. The van der Waals surface area contributed by atoms with Crippen molar-refractivity contribution in [3.8, 4) is 0 Å². The molecule has 0 saturated carbocycles. The maximum Gasteiger partial charge on any atom is 0.303 e. The zero-order chi connectivity index (χ0) is 17.8. The van der Waals surface area contributed by atoms with Gasteiger partial charge in [-0.2, -0.15) is 0 Å². The van der Waals surface area contributed by atoms with Crippen LogP contribution >= 0.6 is 0 Å². The van der Waals surface area contributed by atoms with Gasteiger partial charge in [0.25, 0.3) is 0 Å². The molecule has 1 aliphatic heterocycles. The number of hydrogen-bond donors (Lipinski definition) is 0. The van der Waals surface area contributed by atoms with Gasteiger partial charge in [-0.25, -0.2) is 8.78 Å². The molecule has 0 radical (unpaired) electrons. The van der Waals surface area contributed by atoms with Crippen molar-refractivity contribution in [2.75, 3.05) is 18.0 Å². The molecule has 0 amide bonds. The first-order valence-corrected chi connectivity index (χ1v) is 8.44. The lowest BCUT2D eigenvalue weighted by atomic mass is 9.91. The number of carbonyl (C=O) groups excluding carboxylic acids is 1. The van der Waals surface area contributed by atoms with E-state index in [0.717, 1.165) is 30.8 Å². The minimum Gasteiger partial charge on any atom is -0.458 e. The molecule has 3 nitrogen and oxygen atoms in total. The standard InChI is InChI=1S/C20H21F2NO2/c1-14(24)25-20(16-3-5-17(21)6-4-16)11-2-15-12-23(13-15)19-9-7-18(22)8-10-19/h3-10,15,20H,2,11-13H2,1H3. The van der Waals surface area contributed by atoms with Crippen molar-refractivity contribution in [1.29, 1.82) is 0 Å². The Bertz CT molecular complexity index is 709. The Kier molecular flexibility index (Phi) is 5.31. The molecule has 1 saturated heterocycles. The second kappa shape index (κ2) is 7.64. The predicted octanol–water partition coefficient (Wildman–Crippen LogP) is 4.49. The number of rotatable bonds is 6. The van der Waals surface area contributed by atoms with Crippen LogP contribution in [-0.2, 0) is 9.53 Å². The fraction of sp³-hybridized carbons (Fsp3) is 0.350. The molecule has 132 valence electrons. The van der Waals surface area contributed by atoms with Crippen LogP contribution in [0.15, 0.2) is 48.5 Å². The molecule has 0 aliphatic carbocycles. The number of carbonyl (C=O) groups is 1. The monoisotopic (exact) mass is 345 g/mol. The third kappa shape index (κ3) is 4.56.